The molecule has 3 N–H and O–H groups in total. The second-order valence-electron chi connectivity index (χ2n) is 3.53. The van der Waals surface area contributed by atoms with Crippen LogP contribution in [0.15, 0.2) is 18.2 Å². The van der Waals surface area contributed by atoms with E-state index in [4.69, 9.17) is 22.1 Å². The fraction of sp³-hybridized carbons (Fsp3) is 0.364. The number of ether oxygens (including phenoxy) is 1. The van der Waals surface area contributed by atoms with Crippen molar-refractivity contribution < 1.29 is 9.53 Å². The molecule has 1 aromatic rings. The zero-order valence-electron chi connectivity index (χ0n) is 9.29. The van der Waals surface area contributed by atoms with Crippen LogP contribution in [0.4, 0.5) is 5.69 Å². The largest absolute Gasteiger partial charge is 0.495 e. The average Bonchev–Trinajstić information content (AvgIpc) is 2.25. The molecule has 0 spiro atoms. The van der Waals surface area contributed by atoms with E-state index in [1.807, 2.05) is 0 Å². The summed E-state index contributed by atoms with van der Waals surface area (Å²) in [6.45, 7) is 2.21. The molecule has 0 aliphatic heterocycles. The number of benzene rings is 1. The van der Waals surface area contributed by atoms with Crippen molar-refractivity contribution in [2.24, 2.45) is 11.7 Å². The molecule has 1 amide bonds. The lowest BCUT2D eigenvalue weighted by Gasteiger charge is -2.13. The van der Waals surface area contributed by atoms with Crippen LogP contribution in [0.3, 0.4) is 0 Å². The number of nitrogens with two attached hydrogens (primary N) is 1. The van der Waals surface area contributed by atoms with Crippen molar-refractivity contribution in [3.63, 3.8) is 0 Å². The number of primary amides is 1. The average molecular weight is 243 g/mol. The van der Waals surface area contributed by atoms with Crippen LogP contribution in [0.25, 0.3) is 0 Å². The maximum absolute atomic E-state index is 10.9. The fourth-order valence-corrected chi connectivity index (χ4v) is 1.35. The molecule has 1 aromatic carbocycles. The predicted octanol–water partition coefficient (Wildman–Crippen LogP) is 1.88. The molecule has 4 nitrogen and oxygen atoms in total. The third kappa shape index (κ3) is 3.31. The van der Waals surface area contributed by atoms with Crippen LogP contribution in [-0.2, 0) is 4.79 Å². The molecular formula is C11H15ClN2O2. The maximum atomic E-state index is 10.9. The van der Waals surface area contributed by atoms with Gasteiger partial charge in [-0.25, -0.2) is 0 Å². The van der Waals surface area contributed by atoms with E-state index in [1.165, 1.54) is 0 Å². The molecular weight excluding hydrogens is 228 g/mol. The van der Waals surface area contributed by atoms with Crippen molar-refractivity contribution in [3.05, 3.63) is 23.2 Å². The van der Waals surface area contributed by atoms with E-state index in [1.54, 1.807) is 32.2 Å². The predicted molar refractivity (Wildman–Crippen MR) is 64.9 cm³/mol. The Balaban J connectivity index is 2.72. The van der Waals surface area contributed by atoms with Crippen LogP contribution >= 0.6 is 11.6 Å². The molecule has 1 unspecified atom stereocenters. The summed E-state index contributed by atoms with van der Waals surface area (Å²) in [5.74, 6) is 0.0956. The van der Waals surface area contributed by atoms with Crippen LogP contribution in [-0.4, -0.2) is 19.6 Å². The van der Waals surface area contributed by atoms with Gasteiger partial charge in [-0.05, 0) is 18.2 Å². The van der Waals surface area contributed by atoms with E-state index in [9.17, 15) is 4.79 Å². The highest BCUT2D eigenvalue weighted by atomic mass is 35.5. The number of amides is 1. The van der Waals surface area contributed by atoms with Gasteiger partial charge >= 0.3 is 0 Å². The van der Waals surface area contributed by atoms with Gasteiger partial charge in [-0.3, -0.25) is 4.79 Å². The first kappa shape index (κ1) is 12.6. The number of hydrogen-bond donors (Lipinski definition) is 2. The minimum Gasteiger partial charge on any atom is -0.495 e. The van der Waals surface area contributed by atoms with Gasteiger partial charge in [0.25, 0.3) is 0 Å². The fourth-order valence-electron chi connectivity index (χ4n) is 1.18. The third-order valence-electron chi connectivity index (χ3n) is 2.25. The third-order valence-corrected chi connectivity index (χ3v) is 2.48. The number of anilines is 1. The number of carbonyl (C=O) groups excluding carboxylic acids is 1. The molecule has 0 saturated carbocycles. The molecule has 0 aliphatic carbocycles. The monoisotopic (exact) mass is 242 g/mol. The summed E-state index contributed by atoms with van der Waals surface area (Å²) in [7, 11) is 1.58. The Morgan fingerprint density at radius 3 is 2.88 bits per heavy atom. The molecule has 0 aliphatic rings. The number of halogens is 1. The topological polar surface area (TPSA) is 64.3 Å². The van der Waals surface area contributed by atoms with Crippen molar-refractivity contribution in [1.82, 2.24) is 0 Å². The Morgan fingerprint density at radius 2 is 2.31 bits per heavy atom. The maximum Gasteiger partial charge on any atom is 0.222 e. The van der Waals surface area contributed by atoms with E-state index < -0.39 is 0 Å². The lowest BCUT2D eigenvalue weighted by molar-refractivity contribution is -0.120. The number of carbonyl (C=O) groups is 1. The lowest BCUT2D eigenvalue weighted by Crippen LogP contribution is -2.26. The number of nitrogens with one attached hydrogen (secondary N) is 1. The molecule has 0 saturated heterocycles. The van der Waals surface area contributed by atoms with Gasteiger partial charge in [0.2, 0.25) is 5.91 Å². The SMILES string of the molecule is COc1ccc(Cl)cc1NCC(C)C(N)=O. The first-order chi connectivity index (χ1) is 7.54. The Labute approximate surface area is 99.7 Å². The van der Waals surface area contributed by atoms with Crippen molar-refractivity contribution in [2.45, 2.75) is 6.92 Å². The van der Waals surface area contributed by atoms with E-state index in [-0.39, 0.29) is 11.8 Å². The van der Waals surface area contributed by atoms with Gasteiger partial charge < -0.3 is 15.8 Å². The van der Waals surface area contributed by atoms with Crippen LogP contribution in [0.5, 0.6) is 5.75 Å². The van der Waals surface area contributed by atoms with Crippen LogP contribution in [0, 0.1) is 5.92 Å². The summed E-state index contributed by atoms with van der Waals surface area (Å²) in [4.78, 5) is 10.9. The molecule has 16 heavy (non-hydrogen) atoms. The van der Waals surface area contributed by atoms with Gasteiger partial charge in [-0.1, -0.05) is 18.5 Å². The summed E-state index contributed by atoms with van der Waals surface area (Å²) < 4.78 is 5.16. The molecule has 1 atom stereocenters. The molecule has 88 valence electrons. The summed E-state index contributed by atoms with van der Waals surface area (Å²) in [6, 6.07) is 5.25. The highest BCUT2D eigenvalue weighted by Gasteiger charge is 2.10. The number of methoxy groups -OCH3 is 1. The van der Waals surface area contributed by atoms with Gasteiger partial charge in [0.1, 0.15) is 5.75 Å². The normalized spacial score (nSPS) is 11.9. The zero-order chi connectivity index (χ0) is 12.1. The minimum atomic E-state index is -0.339. The summed E-state index contributed by atoms with van der Waals surface area (Å²) in [6.07, 6.45) is 0. The summed E-state index contributed by atoms with van der Waals surface area (Å²) in [5.41, 5.74) is 5.92. The smallest absolute Gasteiger partial charge is 0.222 e. The summed E-state index contributed by atoms with van der Waals surface area (Å²) in [5, 5.41) is 3.68. The highest BCUT2D eigenvalue weighted by molar-refractivity contribution is 6.30. The standard InChI is InChI=1S/C11H15ClN2O2/c1-7(11(13)15)6-14-9-5-8(12)3-4-10(9)16-2/h3-5,7,14H,6H2,1-2H3,(H2,13,15). The Kier molecular flexibility index (Phi) is 4.43. The molecule has 0 aromatic heterocycles. The second kappa shape index (κ2) is 5.61. The van der Waals surface area contributed by atoms with E-state index in [2.05, 4.69) is 5.32 Å². The van der Waals surface area contributed by atoms with E-state index >= 15 is 0 Å². The van der Waals surface area contributed by atoms with Gasteiger partial charge in [0, 0.05) is 11.6 Å². The van der Waals surface area contributed by atoms with Crippen LogP contribution < -0.4 is 15.8 Å². The van der Waals surface area contributed by atoms with Crippen LogP contribution in [0.2, 0.25) is 5.02 Å². The molecule has 0 fully saturated rings. The van der Waals surface area contributed by atoms with Crippen LogP contribution in [0.1, 0.15) is 6.92 Å². The Hall–Kier alpha value is -1.42. The van der Waals surface area contributed by atoms with Gasteiger partial charge in [0.05, 0.1) is 18.7 Å². The molecule has 1 rings (SSSR count). The molecule has 5 heteroatoms. The van der Waals surface area contributed by atoms with Gasteiger partial charge in [0.15, 0.2) is 0 Å². The Morgan fingerprint density at radius 1 is 1.62 bits per heavy atom. The van der Waals surface area contributed by atoms with E-state index in [0.717, 1.165) is 5.69 Å². The molecule has 0 radical (unpaired) electrons. The van der Waals surface area contributed by atoms with Crippen molar-refractivity contribution in [3.8, 4) is 5.75 Å². The van der Waals surface area contributed by atoms with Crippen molar-refractivity contribution >= 4 is 23.2 Å². The quantitative estimate of drug-likeness (QED) is 0.829. The van der Waals surface area contributed by atoms with Gasteiger partial charge in [-0.15, -0.1) is 0 Å². The highest BCUT2D eigenvalue weighted by Crippen LogP contribution is 2.27. The van der Waals surface area contributed by atoms with Crippen molar-refractivity contribution in [1.29, 1.82) is 0 Å². The first-order valence-corrected chi connectivity index (χ1v) is 5.29. The van der Waals surface area contributed by atoms with E-state index in [0.29, 0.717) is 17.3 Å². The molecule has 0 heterocycles. The van der Waals surface area contributed by atoms with Crippen molar-refractivity contribution in [2.75, 3.05) is 19.0 Å². The molecule has 0 bridgehead atoms. The second-order valence-corrected chi connectivity index (χ2v) is 3.97. The summed E-state index contributed by atoms with van der Waals surface area (Å²) >= 11 is 5.86. The minimum absolute atomic E-state index is 0.247. The zero-order valence-corrected chi connectivity index (χ0v) is 10.0. The Bertz CT molecular complexity index is 382. The number of rotatable bonds is 5. The van der Waals surface area contributed by atoms with Gasteiger partial charge in [-0.2, -0.15) is 0 Å². The number of hydrogen-bond acceptors (Lipinski definition) is 3. The first-order valence-electron chi connectivity index (χ1n) is 4.91. The lowest BCUT2D eigenvalue weighted by atomic mass is 10.1.